The Morgan fingerprint density at radius 2 is 2.00 bits per heavy atom. The molecule has 0 bridgehead atoms. The van der Waals surface area contributed by atoms with Crippen LogP contribution in [0.15, 0.2) is 30.3 Å². The van der Waals surface area contributed by atoms with E-state index in [2.05, 4.69) is 4.74 Å². The van der Waals surface area contributed by atoms with E-state index in [9.17, 15) is 14.4 Å². The van der Waals surface area contributed by atoms with Crippen LogP contribution in [0.3, 0.4) is 0 Å². The first-order valence-corrected chi connectivity index (χ1v) is 5.89. The number of hydrogen-bond acceptors (Lipinski definition) is 5. The molecule has 1 aliphatic heterocycles. The first-order chi connectivity index (χ1) is 9.13. The lowest BCUT2D eigenvalue weighted by molar-refractivity contribution is -0.135. The van der Waals surface area contributed by atoms with Crippen LogP contribution < -0.4 is 0 Å². The van der Waals surface area contributed by atoms with Crippen LogP contribution in [0.25, 0.3) is 0 Å². The van der Waals surface area contributed by atoms with Gasteiger partial charge >= 0.3 is 18.2 Å². The molecule has 19 heavy (non-hydrogen) atoms. The Bertz CT molecular complexity index is 499. The summed E-state index contributed by atoms with van der Waals surface area (Å²) in [4.78, 5) is 35.2. The lowest BCUT2D eigenvalue weighted by Gasteiger charge is -2.16. The Morgan fingerprint density at radius 1 is 1.32 bits per heavy atom. The molecule has 0 aliphatic carbocycles. The summed E-state index contributed by atoms with van der Waals surface area (Å²) in [6, 6.07) is 8.15. The fourth-order valence-electron chi connectivity index (χ4n) is 1.78. The molecule has 100 valence electrons. The van der Waals surface area contributed by atoms with Crippen LogP contribution in [0.1, 0.15) is 18.9 Å². The van der Waals surface area contributed by atoms with E-state index in [1.165, 1.54) is 0 Å². The lowest BCUT2D eigenvalue weighted by atomic mass is 10.2. The molecule has 0 spiro atoms. The van der Waals surface area contributed by atoms with Gasteiger partial charge in [0.15, 0.2) is 0 Å². The molecular formula is C13H13NO5. The van der Waals surface area contributed by atoms with Crippen LogP contribution in [0.4, 0.5) is 9.59 Å². The molecule has 1 aromatic carbocycles. The van der Waals surface area contributed by atoms with Gasteiger partial charge in [-0.2, -0.15) is 4.90 Å². The number of ether oxygens (including phenoxy) is 2. The third-order valence-corrected chi connectivity index (χ3v) is 2.76. The van der Waals surface area contributed by atoms with Gasteiger partial charge in [-0.1, -0.05) is 37.3 Å². The number of rotatable bonds is 3. The molecule has 0 unspecified atom stereocenters. The van der Waals surface area contributed by atoms with Gasteiger partial charge < -0.3 is 9.47 Å². The van der Waals surface area contributed by atoms with Gasteiger partial charge in [0.25, 0.3) is 0 Å². The van der Waals surface area contributed by atoms with Crippen LogP contribution in [0.5, 0.6) is 0 Å². The Labute approximate surface area is 109 Å². The number of nitrogens with zero attached hydrogens (tertiary/aromatic N) is 1. The van der Waals surface area contributed by atoms with Gasteiger partial charge in [0, 0.05) is 0 Å². The molecule has 2 amide bonds. The van der Waals surface area contributed by atoms with Crippen molar-refractivity contribution in [3.05, 3.63) is 35.9 Å². The minimum Gasteiger partial charge on any atom is -0.444 e. The van der Waals surface area contributed by atoms with Crippen LogP contribution in [-0.4, -0.2) is 29.1 Å². The molecule has 0 radical (unpaired) electrons. The maximum Gasteiger partial charge on any atom is 0.427 e. The fourth-order valence-corrected chi connectivity index (χ4v) is 1.78. The average molecular weight is 263 g/mol. The zero-order chi connectivity index (χ0) is 13.8. The van der Waals surface area contributed by atoms with Crippen LogP contribution >= 0.6 is 0 Å². The number of imide groups is 1. The first-order valence-electron chi connectivity index (χ1n) is 5.89. The molecule has 1 aliphatic rings. The summed E-state index contributed by atoms with van der Waals surface area (Å²) in [7, 11) is 0. The van der Waals surface area contributed by atoms with E-state index in [1.54, 1.807) is 19.1 Å². The van der Waals surface area contributed by atoms with Crippen molar-refractivity contribution >= 4 is 18.2 Å². The van der Waals surface area contributed by atoms with Crippen molar-refractivity contribution in [1.29, 1.82) is 0 Å². The van der Waals surface area contributed by atoms with Crippen LogP contribution in [0.2, 0.25) is 0 Å². The molecule has 1 aromatic rings. The van der Waals surface area contributed by atoms with Crippen molar-refractivity contribution < 1.29 is 23.9 Å². The molecule has 0 saturated carbocycles. The van der Waals surface area contributed by atoms with Gasteiger partial charge in [-0.3, -0.25) is 0 Å². The number of carbonyl (C=O) groups is 3. The van der Waals surface area contributed by atoms with Crippen LogP contribution in [0, 0.1) is 0 Å². The number of cyclic esters (lactones) is 2. The number of esters is 1. The monoisotopic (exact) mass is 263 g/mol. The second kappa shape index (κ2) is 5.51. The molecule has 6 nitrogen and oxygen atoms in total. The predicted octanol–water partition coefficient (Wildman–Crippen LogP) is 2.08. The molecule has 6 heteroatoms. The topological polar surface area (TPSA) is 72.9 Å². The number of amides is 2. The molecule has 1 atom stereocenters. The quantitative estimate of drug-likeness (QED) is 0.616. The Hall–Kier alpha value is -2.37. The summed E-state index contributed by atoms with van der Waals surface area (Å²) < 4.78 is 9.39. The second-order valence-corrected chi connectivity index (χ2v) is 4.02. The lowest BCUT2D eigenvalue weighted by Crippen LogP contribution is -2.40. The summed E-state index contributed by atoms with van der Waals surface area (Å²) in [5.74, 6) is -0.718. The van der Waals surface area contributed by atoms with E-state index in [0.717, 1.165) is 5.56 Å². The van der Waals surface area contributed by atoms with Gasteiger partial charge in [-0.15, -0.1) is 0 Å². The summed E-state index contributed by atoms with van der Waals surface area (Å²) in [6.45, 7) is 1.72. The Balaban J connectivity index is 1.99. The van der Waals surface area contributed by atoms with E-state index < -0.39 is 24.2 Å². The smallest absolute Gasteiger partial charge is 0.427 e. The summed E-state index contributed by atoms with van der Waals surface area (Å²) >= 11 is 0. The van der Waals surface area contributed by atoms with E-state index in [1.807, 2.05) is 18.2 Å². The Morgan fingerprint density at radius 3 is 2.63 bits per heavy atom. The SMILES string of the molecule is CC[C@H]1C(=O)OC(=O)N1C(=O)OCc1ccccc1. The fraction of sp³-hybridized carbons (Fsp3) is 0.308. The maximum atomic E-state index is 11.8. The number of carbonyl (C=O) groups excluding carboxylic acids is 3. The molecular weight excluding hydrogens is 250 g/mol. The van der Waals surface area contributed by atoms with Gasteiger partial charge in [-0.05, 0) is 12.0 Å². The molecule has 1 fully saturated rings. The van der Waals surface area contributed by atoms with Gasteiger partial charge in [0.1, 0.15) is 12.6 Å². The van der Waals surface area contributed by atoms with Gasteiger partial charge in [0.2, 0.25) is 0 Å². The van der Waals surface area contributed by atoms with E-state index in [0.29, 0.717) is 11.3 Å². The van der Waals surface area contributed by atoms with Crippen molar-refractivity contribution in [2.45, 2.75) is 26.0 Å². The van der Waals surface area contributed by atoms with Gasteiger partial charge in [0.05, 0.1) is 0 Å². The van der Waals surface area contributed by atoms with Crippen molar-refractivity contribution in [3.8, 4) is 0 Å². The molecule has 2 rings (SSSR count). The zero-order valence-electron chi connectivity index (χ0n) is 10.4. The molecule has 1 heterocycles. The Kier molecular flexibility index (Phi) is 3.79. The normalized spacial score (nSPS) is 18.4. The van der Waals surface area contributed by atoms with Crippen molar-refractivity contribution in [3.63, 3.8) is 0 Å². The average Bonchev–Trinajstić information content (AvgIpc) is 2.71. The molecule has 0 aromatic heterocycles. The predicted molar refractivity (Wildman–Crippen MR) is 64.0 cm³/mol. The van der Waals surface area contributed by atoms with Gasteiger partial charge in [-0.25, -0.2) is 14.4 Å². The minimum absolute atomic E-state index is 0.0358. The number of hydrogen-bond donors (Lipinski definition) is 0. The summed E-state index contributed by atoms with van der Waals surface area (Å²) in [6.07, 6.45) is -1.55. The first kappa shape index (κ1) is 13.1. The van der Waals surface area contributed by atoms with E-state index >= 15 is 0 Å². The van der Waals surface area contributed by atoms with Crippen molar-refractivity contribution in [2.75, 3.05) is 0 Å². The van der Waals surface area contributed by atoms with Crippen molar-refractivity contribution in [2.24, 2.45) is 0 Å². The standard InChI is InChI=1S/C13H13NO5/c1-2-10-11(15)19-13(17)14(10)12(16)18-8-9-6-4-3-5-7-9/h3-7,10H,2,8H2,1H3/t10-/m0/s1. The molecule has 1 saturated heterocycles. The summed E-state index contributed by atoms with van der Waals surface area (Å²) in [5, 5.41) is 0. The van der Waals surface area contributed by atoms with Crippen LogP contribution in [-0.2, 0) is 20.9 Å². The third kappa shape index (κ3) is 2.73. The highest BCUT2D eigenvalue weighted by atomic mass is 16.6. The molecule has 0 N–H and O–H groups in total. The number of benzene rings is 1. The largest absolute Gasteiger partial charge is 0.444 e. The zero-order valence-corrected chi connectivity index (χ0v) is 10.4. The summed E-state index contributed by atoms with van der Waals surface area (Å²) in [5.41, 5.74) is 0.794. The van der Waals surface area contributed by atoms with E-state index in [4.69, 9.17) is 4.74 Å². The highest BCUT2D eigenvalue weighted by molar-refractivity contribution is 6.03. The minimum atomic E-state index is -0.977. The second-order valence-electron chi connectivity index (χ2n) is 4.02. The highest BCUT2D eigenvalue weighted by Crippen LogP contribution is 2.18. The third-order valence-electron chi connectivity index (χ3n) is 2.76. The van der Waals surface area contributed by atoms with E-state index in [-0.39, 0.29) is 6.61 Å². The van der Waals surface area contributed by atoms with Crippen molar-refractivity contribution in [1.82, 2.24) is 4.90 Å². The highest BCUT2D eigenvalue weighted by Gasteiger charge is 2.45. The maximum absolute atomic E-state index is 11.8.